The summed E-state index contributed by atoms with van der Waals surface area (Å²) < 4.78 is 19.8. The highest BCUT2D eigenvalue weighted by Crippen LogP contribution is 2.23. The molecule has 1 aromatic carbocycles. The van der Waals surface area contributed by atoms with Crippen molar-refractivity contribution in [3.8, 4) is 0 Å². The predicted octanol–water partition coefficient (Wildman–Crippen LogP) is 4.77. The number of fused-ring (bicyclic) bond motifs is 1. The smallest absolute Gasteiger partial charge is 0.141 e. The molecule has 4 rings (SSSR count). The van der Waals surface area contributed by atoms with E-state index in [0.29, 0.717) is 26.6 Å². The fourth-order valence-electron chi connectivity index (χ4n) is 3.82. The summed E-state index contributed by atoms with van der Waals surface area (Å²) in [6.07, 6.45) is 4.09. The second-order valence-electron chi connectivity index (χ2n) is 9.68. The molecule has 0 radical (unpaired) electrons. The van der Waals surface area contributed by atoms with Crippen LogP contribution in [0.2, 0.25) is 25.7 Å². The normalized spacial score (nSPS) is 17.2. The molecule has 0 spiro atoms. The maximum absolute atomic E-state index is 5.93. The van der Waals surface area contributed by atoms with Gasteiger partial charge >= 0.3 is 0 Å². The number of benzene rings is 1. The molecule has 2 aromatic heterocycles. The van der Waals surface area contributed by atoms with Crippen LogP contribution in [-0.2, 0) is 27.5 Å². The van der Waals surface area contributed by atoms with Crippen molar-refractivity contribution in [1.82, 2.24) is 9.55 Å². The first-order valence-electron chi connectivity index (χ1n) is 11.5. The fraction of sp³-hybridized carbons (Fsp3) is 0.480. The Morgan fingerprint density at radius 1 is 1.12 bits per heavy atom. The third kappa shape index (κ3) is 6.42. The second kappa shape index (κ2) is 10.6. The summed E-state index contributed by atoms with van der Waals surface area (Å²) in [5, 5.41) is 1.14. The molecule has 7 heteroatoms. The summed E-state index contributed by atoms with van der Waals surface area (Å²) in [7, 11) is -1.07. The molecular formula is C25H35N3O3Si. The minimum absolute atomic E-state index is 0.0625. The molecule has 3 aromatic rings. The SMILES string of the molecule is C[Si](C)(C)CCOCn1ccc2cc(N3CCOC(COCc4ccccc4)C3)cnc21. The number of ether oxygens (including phenoxy) is 3. The number of anilines is 1. The highest BCUT2D eigenvalue weighted by Gasteiger charge is 2.22. The summed E-state index contributed by atoms with van der Waals surface area (Å²) in [5.41, 5.74) is 3.29. The highest BCUT2D eigenvalue weighted by molar-refractivity contribution is 6.76. The maximum atomic E-state index is 5.93. The number of nitrogens with zero attached hydrogens (tertiary/aromatic N) is 3. The fourth-order valence-corrected chi connectivity index (χ4v) is 4.58. The average molecular weight is 454 g/mol. The topological polar surface area (TPSA) is 48.8 Å². The van der Waals surface area contributed by atoms with Gasteiger partial charge in [0.2, 0.25) is 0 Å². The summed E-state index contributed by atoms with van der Waals surface area (Å²) >= 11 is 0. The van der Waals surface area contributed by atoms with Crippen molar-refractivity contribution in [1.29, 1.82) is 0 Å². The first kappa shape index (κ1) is 23.0. The molecule has 1 unspecified atom stereocenters. The molecular weight excluding hydrogens is 418 g/mol. The molecule has 1 saturated heterocycles. The zero-order chi connectivity index (χ0) is 22.4. The molecule has 0 bridgehead atoms. The first-order chi connectivity index (χ1) is 15.5. The summed E-state index contributed by atoms with van der Waals surface area (Å²) in [5.74, 6) is 0. The van der Waals surface area contributed by atoms with Gasteiger partial charge in [-0.15, -0.1) is 0 Å². The van der Waals surface area contributed by atoms with Gasteiger partial charge in [0, 0.05) is 39.4 Å². The number of rotatable bonds is 10. The minimum Gasteiger partial charge on any atom is -0.374 e. The summed E-state index contributed by atoms with van der Waals surface area (Å²) in [4.78, 5) is 7.09. The zero-order valence-electron chi connectivity index (χ0n) is 19.5. The van der Waals surface area contributed by atoms with Crippen molar-refractivity contribution in [2.24, 2.45) is 0 Å². The van der Waals surface area contributed by atoms with E-state index in [1.807, 2.05) is 24.4 Å². The van der Waals surface area contributed by atoms with Gasteiger partial charge in [-0.05, 0) is 23.7 Å². The molecule has 0 aliphatic carbocycles. The van der Waals surface area contributed by atoms with Gasteiger partial charge in [0.1, 0.15) is 12.4 Å². The van der Waals surface area contributed by atoms with Crippen LogP contribution in [0.1, 0.15) is 5.56 Å². The van der Waals surface area contributed by atoms with Crippen LogP contribution in [0.3, 0.4) is 0 Å². The largest absolute Gasteiger partial charge is 0.374 e. The van der Waals surface area contributed by atoms with Crippen LogP contribution in [0.15, 0.2) is 54.9 Å². The van der Waals surface area contributed by atoms with Gasteiger partial charge in [0.25, 0.3) is 0 Å². The van der Waals surface area contributed by atoms with Crippen molar-refractivity contribution in [2.45, 2.75) is 45.1 Å². The predicted molar refractivity (Wildman–Crippen MR) is 132 cm³/mol. The molecule has 3 heterocycles. The Kier molecular flexibility index (Phi) is 7.62. The Balaban J connectivity index is 1.30. The van der Waals surface area contributed by atoms with E-state index in [2.05, 4.69) is 59.6 Å². The van der Waals surface area contributed by atoms with E-state index >= 15 is 0 Å². The Labute approximate surface area is 192 Å². The molecule has 32 heavy (non-hydrogen) atoms. The van der Waals surface area contributed by atoms with Crippen LogP contribution in [0.4, 0.5) is 5.69 Å². The van der Waals surface area contributed by atoms with E-state index in [4.69, 9.17) is 19.2 Å². The minimum atomic E-state index is -1.07. The van der Waals surface area contributed by atoms with Crippen LogP contribution in [0.25, 0.3) is 11.0 Å². The molecule has 1 aliphatic rings. The van der Waals surface area contributed by atoms with E-state index < -0.39 is 8.07 Å². The lowest BCUT2D eigenvalue weighted by Gasteiger charge is -2.34. The van der Waals surface area contributed by atoms with Gasteiger partial charge in [0.15, 0.2) is 0 Å². The maximum Gasteiger partial charge on any atom is 0.141 e. The van der Waals surface area contributed by atoms with Crippen molar-refractivity contribution in [3.05, 3.63) is 60.4 Å². The Hall–Kier alpha value is -2.19. The van der Waals surface area contributed by atoms with Crippen LogP contribution in [0.5, 0.6) is 0 Å². The number of hydrogen-bond donors (Lipinski definition) is 0. The third-order valence-corrected chi connectivity index (χ3v) is 7.44. The van der Waals surface area contributed by atoms with Crippen molar-refractivity contribution in [2.75, 3.05) is 37.8 Å². The van der Waals surface area contributed by atoms with Gasteiger partial charge < -0.3 is 23.7 Å². The Morgan fingerprint density at radius 3 is 2.78 bits per heavy atom. The Morgan fingerprint density at radius 2 is 1.97 bits per heavy atom. The summed E-state index contributed by atoms with van der Waals surface area (Å²) in [6, 6.07) is 15.8. The number of morpholine rings is 1. The highest BCUT2D eigenvalue weighted by atomic mass is 28.3. The standard InChI is InChI=1S/C25H35N3O3Si/c1-32(2,3)14-13-29-20-28-10-9-22-15-23(16-26-25(22)28)27-11-12-31-24(17-27)19-30-18-21-7-5-4-6-8-21/h4-10,15-16,24H,11-14,17-20H2,1-3H3. The van der Waals surface area contributed by atoms with Crippen molar-refractivity contribution >= 4 is 24.8 Å². The third-order valence-electron chi connectivity index (χ3n) is 5.73. The van der Waals surface area contributed by atoms with Gasteiger partial charge in [0.05, 0.1) is 37.8 Å². The lowest BCUT2D eigenvalue weighted by Crippen LogP contribution is -2.44. The van der Waals surface area contributed by atoms with E-state index in [1.165, 1.54) is 11.6 Å². The van der Waals surface area contributed by atoms with Gasteiger partial charge in [-0.3, -0.25) is 0 Å². The lowest BCUT2D eigenvalue weighted by atomic mass is 10.2. The second-order valence-corrected chi connectivity index (χ2v) is 15.3. The molecule has 0 saturated carbocycles. The average Bonchev–Trinajstić information content (AvgIpc) is 3.19. The number of hydrogen-bond acceptors (Lipinski definition) is 5. The van der Waals surface area contributed by atoms with Gasteiger partial charge in [-0.2, -0.15) is 0 Å². The molecule has 0 amide bonds. The monoisotopic (exact) mass is 453 g/mol. The molecule has 172 valence electrons. The lowest BCUT2D eigenvalue weighted by molar-refractivity contribution is -0.0283. The van der Waals surface area contributed by atoms with E-state index in [-0.39, 0.29) is 6.10 Å². The van der Waals surface area contributed by atoms with Crippen molar-refractivity contribution in [3.63, 3.8) is 0 Å². The zero-order valence-corrected chi connectivity index (χ0v) is 20.5. The van der Waals surface area contributed by atoms with Crippen LogP contribution in [-0.4, -0.2) is 56.6 Å². The van der Waals surface area contributed by atoms with E-state index in [1.54, 1.807) is 0 Å². The van der Waals surface area contributed by atoms with Gasteiger partial charge in [-0.1, -0.05) is 50.0 Å². The van der Waals surface area contributed by atoms with Crippen LogP contribution in [0, 0.1) is 0 Å². The molecule has 0 N–H and O–H groups in total. The molecule has 1 aliphatic heterocycles. The van der Waals surface area contributed by atoms with Gasteiger partial charge in [-0.25, -0.2) is 4.98 Å². The molecule has 6 nitrogen and oxygen atoms in total. The van der Waals surface area contributed by atoms with Crippen LogP contribution < -0.4 is 4.90 Å². The Bertz CT molecular complexity index is 987. The molecule has 1 fully saturated rings. The summed E-state index contributed by atoms with van der Waals surface area (Å²) in [6.45, 7) is 12.1. The first-order valence-corrected chi connectivity index (χ1v) is 15.2. The number of pyridine rings is 1. The number of aromatic nitrogens is 2. The van der Waals surface area contributed by atoms with Crippen LogP contribution >= 0.6 is 0 Å². The van der Waals surface area contributed by atoms with Crippen molar-refractivity contribution < 1.29 is 14.2 Å². The quantitative estimate of drug-likeness (QED) is 0.327. The van der Waals surface area contributed by atoms with E-state index in [9.17, 15) is 0 Å². The van der Waals surface area contributed by atoms with E-state index in [0.717, 1.165) is 36.4 Å². The molecule has 1 atom stereocenters.